The number of rotatable bonds is 0. The first-order valence-electron chi connectivity index (χ1n) is 1.31. The van der Waals surface area contributed by atoms with E-state index in [9.17, 15) is 13.2 Å². The highest BCUT2D eigenvalue weighted by Gasteiger charge is 2.34. The van der Waals surface area contributed by atoms with E-state index in [2.05, 4.69) is 11.0 Å². The molecule has 0 aliphatic rings. The fourth-order valence-electron chi connectivity index (χ4n) is 0. The molecule has 0 rings (SSSR count). The van der Waals surface area contributed by atoms with Crippen molar-refractivity contribution < 1.29 is 13.2 Å². The molecule has 0 aliphatic carbocycles. The van der Waals surface area contributed by atoms with Gasteiger partial charge < -0.3 is 0 Å². The summed E-state index contributed by atoms with van der Waals surface area (Å²) in [5.41, 5.74) is 8.57. The highest BCUT2D eigenvalue weighted by Crippen LogP contribution is 2.39. The number of nitrogens with two attached hydrogens (primary N) is 2. The first-order chi connectivity index (χ1) is 2.94. The van der Waals surface area contributed by atoms with Gasteiger partial charge in [-0.05, 0) is 0 Å². The van der Waals surface area contributed by atoms with Gasteiger partial charge >= 0.3 is 5.92 Å². The van der Waals surface area contributed by atoms with Crippen LogP contribution < -0.4 is 11.0 Å². The van der Waals surface area contributed by atoms with Gasteiger partial charge in [0, 0.05) is 0 Å². The molecule has 2 nitrogen and oxygen atoms in total. The predicted octanol–water partition coefficient (Wildman–Crippen LogP) is 0.736. The lowest BCUT2D eigenvalue weighted by Crippen LogP contribution is -2.16. The van der Waals surface area contributed by atoms with Crippen molar-refractivity contribution in [3.05, 3.63) is 0 Å². The molecule has 0 bridgehead atoms. The normalized spacial score (nSPS) is 12.9. The Kier molecular flexibility index (Phi) is 1.98. The molecule has 0 aromatic rings. The first-order valence-corrected chi connectivity index (χ1v) is 2.79. The smallest absolute Gasteiger partial charge is 0.291 e. The maximum atomic E-state index is 11.0. The lowest BCUT2D eigenvalue weighted by Gasteiger charge is -2.07. The molecule has 0 saturated heterocycles. The summed E-state index contributed by atoms with van der Waals surface area (Å²) in [6, 6.07) is 0. The van der Waals surface area contributed by atoms with E-state index in [-0.39, 0.29) is 0 Å². The van der Waals surface area contributed by atoms with Crippen molar-refractivity contribution in [1.82, 2.24) is 0 Å². The quantitative estimate of drug-likeness (QED) is 0.477. The molecule has 0 radical (unpaired) electrons. The van der Waals surface area contributed by atoms with Crippen molar-refractivity contribution in [3.63, 3.8) is 0 Å². The van der Waals surface area contributed by atoms with Crippen LogP contribution in [-0.4, -0.2) is 5.92 Å². The summed E-state index contributed by atoms with van der Waals surface area (Å²) in [6.45, 7) is 0. The van der Waals surface area contributed by atoms with E-state index in [1.165, 1.54) is 0 Å². The molecule has 0 aromatic carbocycles. The summed E-state index contributed by atoms with van der Waals surface area (Å²) < 4.78 is 32.9. The van der Waals surface area contributed by atoms with E-state index in [0.717, 1.165) is 0 Å². The third kappa shape index (κ3) is 2.79. The van der Waals surface area contributed by atoms with E-state index in [1.54, 1.807) is 0 Å². The van der Waals surface area contributed by atoms with E-state index in [1.807, 2.05) is 0 Å². The zero-order valence-electron chi connectivity index (χ0n) is 3.24. The molecule has 0 atom stereocenters. The summed E-state index contributed by atoms with van der Waals surface area (Å²) in [6.07, 6.45) is 0. The van der Waals surface area contributed by atoms with Gasteiger partial charge in [0.2, 0.25) is 0 Å². The van der Waals surface area contributed by atoms with Gasteiger partial charge in [-0.25, -0.2) is 0 Å². The van der Waals surface area contributed by atoms with Gasteiger partial charge in [-0.15, -0.1) is 0 Å². The molecule has 0 aromatic heterocycles. The molecule has 0 amide bonds. The Labute approximate surface area is 39.5 Å². The summed E-state index contributed by atoms with van der Waals surface area (Å²) >= 11 is 0. The third-order valence-electron chi connectivity index (χ3n) is 0.293. The van der Waals surface area contributed by atoms with Crippen LogP contribution in [0.2, 0.25) is 0 Å². The highest BCUT2D eigenvalue weighted by molar-refractivity contribution is 7.53. The van der Waals surface area contributed by atoms with Gasteiger partial charge in [0.05, 0.1) is 0 Å². The van der Waals surface area contributed by atoms with Crippen LogP contribution in [0.4, 0.5) is 13.2 Å². The fraction of sp³-hybridized carbons (Fsp3) is 1.00. The second-order valence-electron chi connectivity index (χ2n) is 0.875. The summed E-state index contributed by atoms with van der Waals surface area (Å²) in [7, 11) is -2.74. The Balaban J connectivity index is 3.54. The molecule has 44 valence electrons. The molecule has 0 fully saturated rings. The maximum absolute atomic E-state index is 11.0. The fourth-order valence-corrected chi connectivity index (χ4v) is 0. The predicted molar refractivity (Wildman–Crippen MR) is 21.3 cm³/mol. The van der Waals surface area contributed by atoms with Crippen LogP contribution in [0.5, 0.6) is 0 Å². The average Bonchev–Trinajstić information content (AvgIpc) is 1.31. The van der Waals surface area contributed by atoms with Crippen molar-refractivity contribution >= 4 is 8.22 Å². The molecular formula is CH4F3N2P. The van der Waals surface area contributed by atoms with Crippen LogP contribution in [0, 0.1) is 0 Å². The molecule has 4 N–H and O–H groups in total. The lowest BCUT2D eigenvalue weighted by atomic mass is 11.6. The van der Waals surface area contributed by atoms with Gasteiger partial charge in [-0.2, -0.15) is 13.2 Å². The number of hydrogen-bond donors (Lipinski definition) is 2. The number of halogens is 3. The molecule has 0 heterocycles. The highest BCUT2D eigenvalue weighted by atomic mass is 31.1. The van der Waals surface area contributed by atoms with E-state index in [0.29, 0.717) is 0 Å². The standard InChI is InChI=1S/CH4F3N2P/c2-1(3,4)7(5)6/h5-6H2. The summed E-state index contributed by atoms with van der Waals surface area (Å²) in [5.74, 6) is -4.38. The van der Waals surface area contributed by atoms with Crippen molar-refractivity contribution in [2.24, 2.45) is 11.0 Å². The molecule has 0 spiro atoms. The first kappa shape index (κ1) is 7.14. The minimum absolute atomic E-state index is 2.74. The van der Waals surface area contributed by atoms with Gasteiger partial charge in [0.1, 0.15) is 8.22 Å². The summed E-state index contributed by atoms with van der Waals surface area (Å²) in [4.78, 5) is 0. The topological polar surface area (TPSA) is 52.0 Å². The van der Waals surface area contributed by atoms with Crippen LogP contribution in [0.3, 0.4) is 0 Å². The van der Waals surface area contributed by atoms with Crippen molar-refractivity contribution in [2.75, 3.05) is 0 Å². The minimum atomic E-state index is -4.38. The largest absolute Gasteiger partial charge is 0.432 e. The zero-order valence-corrected chi connectivity index (χ0v) is 4.13. The molecule has 7 heavy (non-hydrogen) atoms. The average molecular weight is 132 g/mol. The third-order valence-corrected chi connectivity index (χ3v) is 0.878. The Bertz CT molecular complexity index is 58.4. The van der Waals surface area contributed by atoms with Crippen molar-refractivity contribution in [2.45, 2.75) is 5.92 Å². The second-order valence-corrected chi connectivity index (χ2v) is 2.20. The van der Waals surface area contributed by atoms with Gasteiger partial charge in [-0.1, -0.05) is 0 Å². The van der Waals surface area contributed by atoms with E-state index >= 15 is 0 Å². The minimum Gasteiger partial charge on any atom is -0.291 e. The summed E-state index contributed by atoms with van der Waals surface area (Å²) in [5, 5.41) is 0. The Morgan fingerprint density at radius 2 is 1.29 bits per heavy atom. The lowest BCUT2D eigenvalue weighted by molar-refractivity contribution is -0.0404. The molecule has 6 heteroatoms. The second kappa shape index (κ2) is 1.94. The van der Waals surface area contributed by atoms with Crippen molar-refractivity contribution in [1.29, 1.82) is 0 Å². The van der Waals surface area contributed by atoms with E-state index in [4.69, 9.17) is 0 Å². The van der Waals surface area contributed by atoms with Crippen LogP contribution in [-0.2, 0) is 0 Å². The van der Waals surface area contributed by atoms with Crippen LogP contribution in [0.1, 0.15) is 0 Å². The Morgan fingerprint density at radius 1 is 1.14 bits per heavy atom. The van der Waals surface area contributed by atoms with Crippen LogP contribution in [0.15, 0.2) is 0 Å². The van der Waals surface area contributed by atoms with Crippen molar-refractivity contribution in [3.8, 4) is 0 Å². The maximum Gasteiger partial charge on any atom is 0.432 e. The van der Waals surface area contributed by atoms with Gasteiger partial charge in [-0.3, -0.25) is 11.0 Å². The number of hydrogen-bond acceptors (Lipinski definition) is 2. The van der Waals surface area contributed by atoms with Gasteiger partial charge in [0.25, 0.3) is 0 Å². The van der Waals surface area contributed by atoms with E-state index < -0.39 is 14.1 Å². The number of alkyl halides is 3. The zero-order chi connectivity index (χ0) is 6.08. The Hall–Kier alpha value is 0.140. The molecule has 0 unspecified atom stereocenters. The van der Waals surface area contributed by atoms with Crippen LogP contribution >= 0.6 is 8.22 Å². The van der Waals surface area contributed by atoms with Crippen LogP contribution in [0.25, 0.3) is 0 Å². The monoisotopic (exact) mass is 132 g/mol. The molecular weight excluding hydrogens is 128 g/mol. The van der Waals surface area contributed by atoms with Gasteiger partial charge in [0.15, 0.2) is 0 Å². The Morgan fingerprint density at radius 3 is 1.29 bits per heavy atom. The molecule has 0 saturated carbocycles. The SMILES string of the molecule is NP(N)C(F)(F)F. The molecule has 0 aliphatic heterocycles.